The van der Waals surface area contributed by atoms with Crippen LogP contribution < -0.4 is 0 Å². The Kier molecular flexibility index (Phi) is 8.04. The Morgan fingerprint density at radius 2 is 0.800 bits per heavy atom. The molecule has 4 heterocycles. The second-order valence-corrected chi connectivity index (χ2v) is 13.5. The quantitative estimate of drug-likeness (QED) is 0.165. The summed E-state index contributed by atoms with van der Waals surface area (Å²) in [4.78, 5) is 24.0. The summed E-state index contributed by atoms with van der Waals surface area (Å²) >= 11 is 0. The number of pyridine rings is 2. The highest BCUT2D eigenvalue weighted by Gasteiger charge is 2.17. The zero-order valence-corrected chi connectivity index (χ0v) is 29.7. The van der Waals surface area contributed by atoms with Crippen molar-refractivity contribution < 1.29 is 0 Å². The summed E-state index contributed by atoms with van der Waals surface area (Å²) < 4.78 is 2.34. The normalized spacial score (nSPS) is 11.3. The van der Waals surface area contributed by atoms with Gasteiger partial charge < -0.3 is 4.57 Å². The molecule has 0 atom stereocenters. The first-order valence-corrected chi connectivity index (χ1v) is 18.2. The van der Waals surface area contributed by atoms with E-state index >= 15 is 0 Å². The number of para-hydroxylation sites is 2. The zero-order valence-electron chi connectivity index (χ0n) is 29.7. The van der Waals surface area contributed by atoms with E-state index in [1.165, 1.54) is 16.3 Å². The first-order valence-electron chi connectivity index (χ1n) is 18.2. The van der Waals surface area contributed by atoms with Crippen LogP contribution in [0, 0.1) is 0 Å². The molecule has 10 aromatic rings. The number of fused-ring (bicyclic) bond motifs is 3. The van der Waals surface area contributed by atoms with Gasteiger partial charge in [0, 0.05) is 63.5 Å². The van der Waals surface area contributed by atoms with Crippen molar-refractivity contribution in [2.75, 3.05) is 0 Å². The Balaban J connectivity index is 1.15. The third-order valence-electron chi connectivity index (χ3n) is 10.0. The Bertz CT molecular complexity index is 2940. The fraction of sp³-hybridized carbons (Fsp3) is 0. The van der Waals surface area contributed by atoms with Gasteiger partial charge in [0.15, 0.2) is 17.5 Å². The number of hydrogen-bond acceptors (Lipinski definition) is 5. The lowest BCUT2D eigenvalue weighted by molar-refractivity contribution is 1.07. The van der Waals surface area contributed by atoms with Gasteiger partial charge in [-0.2, -0.15) is 0 Å². The van der Waals surface area contributed by atoms with Gasteiger partial charge in [-0.1, -0.05) is 109 Å². The molecule has 0 bridgehead atoms. The minimum Gasteiger partial charge on any atom is -0.309 e. The molecule has 0 saturated heterocycles. The van der Waals surface area contributed by atoms with Gasteiger partial charge in [-0.25, -0.2) is 15.0 Å². The lowest BCUT2D eigenvalue weighted by Gasteiger charge is -2.13. The van der Waals surface area contributed by atoms with Gasteiger partial charge in [-0.3, -0.25) is 9.97 Å². The van der Waals surface area contributed by atoms with Gasteiger partial charge in [-0.15, -0.1) is 0 Å². The maximum absolute atomic E-state index is 5.15. The zero-order chi connectivity index (χ0) is 36.6. The van der Waals surface area contributed by atoms with E-state index in [0.29, 0.717) is 17.5 Å². The Hall–Kier alpha value is -7.57. The molecule has 258 valence electrons. The Morgan fingerprint density at radius 1 is 0.309 bits per heavy atom. The van der Waals surface area contributed by atoms with Crippen LogP contribution in [0.25, 0.3) is 95.0 Å². The van der Waals surface area contributed by atoms with Crippen molar-refractivity contribution in [1.82, 2.24) is 29.5 Å². The Labute approximate surface area is 318 Å². The SMILES string of the molecule is c1ccc(-c2nc(-c3ccc(-c4cccnc4)cc3)nc(-c3cc(-c4cccnc4)cc(-c4ccc5c(c4)c4ccccc4n5-c4ccccc4)c3)n2)cc1. The maximum Gasteiger partial charge on any atom is 0.164 e. The predicted octanol–water partition coefficient (Wildman–Crippen LogP) is 11.8. The van der Waals surface area contributed by atoms with E-state index in [0.717, 1.165) is 61.3 Å². The van der Waals surface area contributed by atoms with Crippen LogP contribution in [0.2, 0.25) is 0 Å². The molecular weight excluding hydrogens is 673 g/mol. The largest absolute Gasteiger partial charge is 0.309 e. The third-order valence-corrected chi connectivity index (χ3v) is 10.0. The molecule has 0 aliphatic carbocycles. The molecule has 0 aliphatic rings. The predicted molar refractivity (Wildman–Crippen MR) is 222 cm³/mol. The number of aromatic nitrogens is 6. The van der Waals surface area contributed by atoms with E-state index in [-0.39, 0.29) is 0 Å². The van der Waals surface area contributed by atoms with Crippen molar-refractivity contribution in [2.24, 2.45) is 0 Å². The number of benzene rings is 6. The number of hydrogen-bond donors (Lipinski definition) is 0. The van der Waals surface area contributed by atoms with Crippen LogP contribution in [0.4, 0.5) is 0 Å². The molecule has 0 radical (unpaired) electrons. The van der Waals surface area contributed by atoms with E-state index in [1.54, 1.807) is 12.4 Å². The van der Waals surface area contributed by atoms with E-state index in [2.05, 4.69) is 142 Å². The maximum atomic E-state index is 5.15. The molecule has 10 rings (SSSR count). The minimum atomic E-state index is 0.592. The smallest absolute Gasteiger partial charge is 0.164 e. The lowest BCUT2D eigenvalue weighted by Crippen LogP contribution is -2.00. The highest BCUT2D eigenvalue weighted by atomic mass is 15.0. The van der Waals surface area contributed by atoms with Gasteiger partial charge in [0.25, 0.3) is 0 Å². The molecule has 4 aromatic heterocycles. The summed E-state index contributed by atoms with van der Waals surface area (Å²) in [7, 11) is 0. The summed E-state index contributed by atoms with van der Waals surface area (Å²) in [6.07, 6.45) is 7.36. The van der Waals surface area contributed by atoms with Crippen LogP contribution in [-0.2, 0) is 0 Å². The molecule has 55 heavy (non-hydrogen) atoms. The van der Waals surface area contributed by atoms with Crippen molar-refractivity contribution in [3.63, 3.8) is 0 Å². The molecule has 0 saturated carbocycles. The van der Waals surface area contributed by atoms with Crippen LogP contribution in [0.3, 0.4) is 0 Å². The lowest BCUT2D eigenvalue weighted by atomic mass is 9.95. The second kappa shape index (κ2) is 13.8. The van der Waals surface area contributed by atoms with Crippen molar-refractivity contribution in [3.8, 4) is 73.2 Å². The molecule has 6 aromatic carbocycles. The van der Waals surface area contributed by atoms with Gasteiger partial charge in [0.2, 0.25) is 0 Å². The average Bonchev–Trinajstić information content (AvgIpc) is 3.61. The monoisotopic (exact) mass is 704 g/mol. The van der Waals surface area contributed by atoms with Gasteiger partial charge in [0.1, 0.15) is 0 Å². The fourth-order valence-corrected chi connectivity index (χ4v) is 7.33. The van der Waals surface area contributed by atoms with Crippen LogP contribution in [0.5, 0.6) is 0 Å². The number of nitrogens with zero attached hydrogens (tertiary/aromatic N) is 6. The minimum absolute atomic E-state index is 0.592. The van der Waals surface area contributed by atoms with E-state index < -0.39 is 0 Å². The molecule has 0 amide bonds. The first-order chi connectivity index (χ1) is 27.2. The summed E-state index contributed by atoms with van der Waals surface area (Å²) in [6, 6.07) is 58.9. The standard InChI is InChI=1S/C49H32N6/c1-3-11-34(12-4-1)47-52-48(35-21-19-33(20-22-35)37-13-9-25-50-31-37)54-49(53-47)41-28-39(27-40(29-41)38-14-10-26-51-32-38)36-23-24-46-44(30-36)43-17-7-8-18-45(43)55(46)42-15-5-2-6-16-42/h1-32H. The van der Waals surface area contributed by atoms with Gasteiger partial charge in [-0.05, 0) is 88.5 Å². The fourth-order valence-electron chi connectivity index (χ4n) is 7.33. The molecule has 0 aliphatic heterocycles. The highest BCUT2D eigenvalue weighted by molar-refractivity contribution is 6.10. The van der Waals surface area contributed by atoms with Crippen molar-refractivity contribution in [3.05, 3.63) is 195 Å². The van der Waals surface area contributed by atoms with E-state index in [1.807, 2.05) is 54.9 Å². The topological polar surface area (TPSA) is 69.4 Å². The summed E-state index contributed by atoms with van der Waals surface area (Å²) in [6.45, 7) is 0. The highest BCUT2D eigenvalue weighted by Crippen LogP contribution is 2.38. The molecule has 0 fully saturated rings. The van der Waals surface area contributed by atoms with Crippen molar-refractivity contribution >= 4 is 21.8 Å². The molecule has 0 N–H and O–H groups in total. The van der Waals surface area contributed by atoms with Gasteiger partial charge >= 0.3 is 0 Å². The molecule has 6 nitrogen and oxygen atoms in total. The van der Waals surface area contributed by atoms with Crippen molar-refractivity contribution in [2.45, 2.75) is 0 Å². The van der Waals surface area contributed by atoms with E-state index in [4.69, 9.17) is 15.0 Å². The third kappa shape index (κ3) is 6.11. The van der Waals surface area contributed by atoms with Crippen LogP contribution in [-0.4, -0.2) is 29.5 Å². The summed E-state index contributed by atoms with van der Waals surface area (Å²) in [5.74, 6) is 1.81. The molecule has 0 spiro atoms. The number of rotatable bonds is 7. The molecular formula is C49H32N6. The molecule has 0 unspecified atom stereocenters. The van der Waals surface area contributed by atoms with Gasteiger partial charge in [0.05, 0.1) is 11.0 Å². The van der Waals surface area contributed by atoms with Crippen molar-refractivity contribution in [1.29, 1.82) is 0 Å². The average molecular weight is 705 g/mol. The summed E-state index contributed by atoms with van der Waals surface area (Å²) in [5, 5.41) is 2.39. The van der Waals surface area contributed by atoms with Crippen LogP contribution in [0.15, 0.2) is 195 Å². The first kappa shape index (κ1) is 32.1. The molecule has 6 heteroatoms. The Morgan fingerprint density at radius 3 is 1.47 bits per heavy atom. The van der Waals surface area contributed by atoms with E-state index in [9.17, 15) is 0 Å². The summed E-state index contributed by atoms with van der Waals surface area (Å²) in [5.41, 5.74) is 12.5. The van der Waals surface area contributed by atoms with Crippen LogP contribution in [0.1, 0.15) is 0 Å². The van der Waals surface area contributed by atoms with Crippen LogP contribution >= 0.6 is 0 Å². The second-order valence-electron chi connectivity index (χ2n) is 13.5.